The van der Waals surface area contributed by atoms with Gasteiger partial charge in [-0.25, -0.2) is 19.9 Å². The summed E-state index contributed by atoms with van der Waals surface area (Å²) < 4.78 is 7.09. The Morgan fingerprint density at radius 1 is 0.295 bits per heavy atom. The minimum atomic E-state index is 0.565. The van der Waals surface area contributed by atoms with Crippen LogP contribution in [0.15, 0.2) is 223 Å². The van der Waals surface area contributed by atoms with Crippen LogP contribution in [0.5, 0.6) is 0 Å². The van der Waals surface area contributed by atoms with Crippen molar-refractivity contribution in [3.05, 3.63) is 218 Å². The molecule has 3 heterocycles. The topological polar surface area (TPSA) is 64.7 Å². The van der Waals surface area contributed by atoms with Crippen LogP contribution in [0.3, 0.4) is 0 Å². The molecule has 0 aliphatic rings. The largest absolute Gasteiger partial charge is 0.455 e. The van der Waals surface area contributed by atoms with E-state index in [1.54, 1.807) is 0 Å². The van der Waals surface area contributed by atoms with Gasteiger partial charge in [0.05, 0.1) is 16.6 Å². The zero-order valence-corrected chi connectivity index (χ0v) is 33.0. The molecule has 0 amide bonds. The number of fused-ring (bicyclic) bond motifs is 3. The Morgan fingerprint density at radius 2 is 0.705 bits per heavy atom. The van der Waals surface area contributed by atoms with E-state index in [0.29, 0.717) is 17.5 Å². The minimum Gasteiger partial charge on any atom is -0.455 e. The smallest absolute Gasteiger partial charge is 0.164 e. The molecule has 0 aliphatic heterocycles. The minimum absolute atomic E-state index is 0.565. The number of hydrogen-bond donors (Lipinski definition) is 0. The molecule has 5 nitrogen and oxygen atoms in total. The van der Waals surface area contributed by atoms with E-state index in [1.165, 1.54) is 0 Å². The van der Waals surface area contributed by atoms with E-state index in [-0.39, 0.29) is 0 Å². The zero-order valence-electron chi connectivity index (χ0n) is 33.0. The summed E-state index contributed by atoms with van der Waals surface area (Å²) in [5.74, 6) is 2.50. The number of furan rings is 1. The van der Waals surface area contributed by atoms with Crippen LogP contribution in [0.2, 0.25) is 0 Å². The number of hydrogen-bond acceptors (Lipinski definition) is 5. The summed E-state index contributed by atoms with van der Waals surface area (Å²) in [6.07, 6.45) is 0. The number of pyridine rings is 1. The van der Waals surface area contributed by atoms with Gasteiger partial charge in [-0.1, -0.05) is 200 Å². The van der Waals surface area contributed by atoms with Crippen molar-refractivity contribution >= 4 is 21.9 Å². The highest BCUT2D eigenvalue weighted by Crippen LogP contribution is 2.47. The number of aromatic nitrogens is 4. The van der Waals surface area contributed by atoms with Crippen molar-refractivity contribution in [2.75, 3.05) is 0 Å². The van der Waals surface area contributed by atoms with Crippen molar-refractivity contribution in [1.29, 1.82) is 0 Å². The molecule has 5 heteroatoms. The van der Waals surface area contributed by atoms with E-state index in [0.717, 1.165) is 94.5 Å². The number of benzene rings is 8. The van der Waals surface area contributed by atoms with Crippen molar-refractivity contribution in [1.82, 2.24) is 19.9 Å². The highest BCUT2D eigenvalue weighted by atomic mass is 16.3. The van der Waals surface area contributed by atoms with E-state index in [4.69, 9.17) is 24.4 Å². The average Bonchev–Trinajstić information content (AvgIpc) is 3.76. The van der Waals surface area contributed by atoms with Crippen LogP contribution in [0.1, 0.15) is 0 Å². The summed E-state index contributed by atoms with van der Waals surface area (Å²) >= 11 is 0. The van der Waals surface area contributed by atoms with Gasteiger partial charge in [-0.15, -0.1) is 0 Å². The SMILES string of the molecule is c1ccc(-c2ccc(-c3nc(-c4ccc(-c5ccccc5)cc4)nc(-c4cccc(-c5oc6c(c(-c7ccccc7)nc7ccccc76)c5-c5ccccc5)c4)n3)cc2)cc1. The van der Waals surface area contributed by atoms with Crippen LogP contribution >= 0.6 is 0 Å². The molecule has 11 aromatic rings. The molecule has 0 spiro atoms. The molecular formula is C56H36N4O. The highest BCUT2D eigenvalue weighted by Gasteiger charge is 2.25. The fraction of sp³-hybridized carbons (Fsp3) is 0. The Bertz CT molecular complexity index is 3210. The van der Waals surface area contributed by atoms with Crippen molar-refractivity contribution in [3.8, 4) is 90.1 Å². The lowest BCUT2D eigenvalue weighted by Gasteiger charge is -2.11. The van der Waals surface area contributed by atoms with Gasteiger partial charge in [-0.3, -0.25) is 0 Å². The molecule has 0 fully saturated rings. The second-order valence-corrected chi connectivity index (χ2v) is 15.0. The highest BCUT2D eigenvalue weighted by molar-refractivity contribution is 6.16. The Labute approximate surface area is 353 Å². The van der Waals surface area contributed by atoms with Crippen LogP contribution < -0.4 is 0 Å². The molecule has 0 saturated carbocycles. The van der Waals surface area contributed by atoms with Crippen LogP contribution in [0, 0.1) is 0 Å². The van der Waals surface area contributed by atoms with Crippen molar-refractivity contribution in [2.24, 2.45) is 0 Å². The third kappa shape index (κ3) is 6.84. The Hall–Kier alpha value is -8.28. The van der Waals surface area contributed by atoms with Crippen LogP contribution in [0.4, 0.5) is 0 Å². The summed E-state index contributed by atoms with van der Waals surface area (Å²) in [4.78, 5) is 20.7. The molecule has 286 valence electrons. The van der Waals surface area contributed by atoms with E-state index >= 15 is 0 Å². The Balaban J connectivity index is 1.09. The quantitative estimate of drug-likeness (QED) is 0.154. The van der Waals surface area contributed by atoms with Crippen LogP contribution in [0.25, 0.3) is 112 Å². The summed E-state index contributed by atoms with van der Waals surface area (Å²) in [7, 11) is 0. The van der Waals surface area contributed by atoms with E-state index in [9.17, 15) is 0 Å². The Kier molecular flexibility index (Phi) is 9.10. The normalized spacial score (nSPS) is 11.3. The molecule has 3 aromatic heterocycles. The zero-order chi connectivity index (χ0) is 40.5. The van der Waals surface area contributed by atoms with E-state index < -0.39 is 0 Å². The molecule has 0 atom stereocenters. The lowest BCUT2D eigenvalue weighted by molar-refractivity contribution is 0.636. The van der Waals surface area contributed by atoms with Gasteiger partial charge in [0.1, 0.15) is 11.3 Å². The first kappa shape index (κ1) is 35.8. The number of para-hydroxylation sites is 1. The maximum atomic E-state index is 7.09. The molecule has 8 aromatic carbocycles. The standard InChI is InChI=1S/C56H36N4O/c1-5-16-37(17-6-1)39-28-32-43(33-29-39)54-58-55(44-34-30-40(31-35-44)38-18-7-2-8-19-38)60-56(59-54)46-25-15-24-45(36-46)52-49(41-20-9-3-10-21-41)50-51(42-22-11-4-12-23-42)57-48-27-14-13-26-47(48)53(50)61-52/h1-36H. The molecule has 0 saturated heterocycles. The second kappa shape index (κ2) is 15.5. The predicted molar refractivity (Wildman–Crippen MR) is 248 cm³/mol. The Morgan fingerprint density at radius 3 is 1.26 bits per heavy atom. The first-order valence-corrected chi connectivity index (χ1v) is 20.4. The molecule has 61 heavy (non-hydrogen) atoms. The fourth-order valence-electron chi connectivity index (χ4n) is 8.12. The van der Waals surface area contributed by atoms with Gasteiger partial charge in [-0.05, 0) is 46.0 Å². The summed E-state index contributed by atoms with van der Waals surface area (Å²) in [6.45, 7) is 0. The predicted octanol–water partition coefficient (Wildman–Crippen LogP) is 14.5. The van der Waals surface area contributed by atoms with Gasteiger partial charge < -0.3 is 4.42 Å². The lowest BCUT2D eigenvalue weighted by Crippen LogP contribution is -2.00. The molecular weight excluding hydrogens is 745 g/mol. The maximum absolute atomic E-state index is 7.09. The molecule has 11 rings (SSSR count). The molecule has 0 aliphatic carbocycles. The average molecular weight is 781 g/mol. The van der Waals surface area contributed by atoms with E-state index in [2.05, 4.69) is 170 Å². The van der Waals surface area contributed by atoms with E-state index in [1.807, 2.05) is 48.5 Å². The van der Waals surface area contributed by atoms with Gasteiger partial charge >= 0.3 is 0 Å². The summed E-state index contributed by atoms with van der Waals surface area (Å²) in [6, 6.07) is 74.9. The molecule has 0 bridgehead atoms. The van der Waals surface area contributed by atoms with Crippen molar-refractivity contribution in [3.63, 3.8) is 0 Å². The maximum Gasteiger partial charge on any atom is 0.164 e. The van der Waals surface area contributed by atoms with Crippen LogP contribution in [-0.2, 0) is 0 Å². The van der Waals surface area contributed by atoms with Crippen molar-refractivity contribution in [2.45, 2.75) is 0 Å². The number of rotatable bonds is 8. The third-order valence-corrected chi connectivity index (χ3v) is 11.2. The monoisotopic (exact) mass is 780 g/mol. The van der Waals surface area contributed by atoms with Gasteiger partial charge in [0.15, 0.2) is 17.5 Å². The fourth-order valence-corrected chi connectivity index (χ4v) is 8.12. The van der Waals surface area contributed by atoms with Gasteiger partial charge in [0, 0.05) is 38.8 Å². The second-order valence-electron chi connectivity index (χ2n) is 15.0. The van der Waals surface area contributed by atoms with Gasteiger partial charge in [0.25, 0.3) is 0 Å². The summed E-state index contributed by atoms with van der Waals surface area (Å²) in [5.41, 5.74) is 13.7. The molecule has 0 unspecified atom stereocenters. The molecule has 0 radical (unpaired) electrons. The first-order valence-electron chi connectivity index (χ1n) is 20.4. The van der Waals surface area contributed by atoms with Crippen LogP contribution in [-0.4, -0.2) is 19.9 Å². The third-order valence-electron chi connectivity index (χ3n) is 11.2. The van der Waals surface area contributed by atoms with Crippen molar-refractivity contribution < 1.29 is 4.42 Å². The number of nitrogens with zero attached hydrogens (tertiary/aromatic N) is 4. The first-order chi connectivity index (χ1) is 30.2. The summed E-state index contributed by atoms with van der Waals surface area (Å²) in [5, 5.41) is 1.93. The lowest BCUT2D eigenvalue weighted by atomic mass is 9.94. The van der Waals surface area contributed by atoms with Gasteiger partial charge in [-0.2, -0.15) is 0 Å². The van der Waals surface area contributed by atoms with Gasteiger partial charge in [0.2, 0.25) is 0 Å². The molecule has 0 N–H and O–H groups in total.